The first-order valence-corrected chi connectivity index (χ1v) is 12.8. The zero-order valence-corrected chi connectivity index (χ0v) is 18.9. The summed E-state index contributed by atoms with van der Waals surface area (Å²) < 4.78 is 0. The van der Waals surface area contributed by atoms with E-state index in [0.29, 0.717) is 0 Å². The number of hydrogen-bond acceptors (Lipinski definition) is 2. The smallest absolute Gasteiger partial charge is 0.0736 e. The molecule has 2 aliphatic carbocycles. The molecule has 0 nitrogen and oxygen atoms in total. The number of fused-ring (bicyclic) bond motifs is 11. The second kappa shape index (κ2) is 5.98. The van der Waals surface area contributed by atoms with Crippen LogP contribution in [0, 0.1) is 0 Å². The van der Waals surface area contributed by atoms with Crippen LogP contribution in [0.3, 0.4) is 0 Å². The van der Waals surface area contributed by atoms with E-state index in [2.05, 4.69) is 95.7 Å². The first kappa shape index (κ1) is 17.4. The summed E-state index contributed by atoms with van der Waals surface area (Å²) in [5.74, 6) is 0. The van der Waals surface area contributed by atoms with Crippen molar-refractivity contribution in [2.75, 3.05) is 0 Å². The van der Waals surface area contributed by atoms with E-state index >= 15 is 0 Å². The highest BCUT2D eigenvalue weighted by atomic mass is 32.1. The summed E-state index contributed by atoms with van der Waals surface area (Å²) in [6.45, 7) is 0. The SMILES string of the molecule is c1ccc2cc3c(cc2c1)Cc1cc2ccccc2cc1C31c2ccsc2-c2sccc21. The molecule has 0 unspecified atom stereocenters. The minimum atomic E-state index is -0.221. The van der Waals surface area contributed by atoms with Crippen LogP contribution in [0.1, 0.15) is 33.4 Å². The molecule has 4 aromatic carbocycles. The van der Waals surface area contributed by atoms with Gasteiger partial charge in [0.05, 0.1) is 5.41 Å². The largest absolute Gasteiger partial charge is 0.143 e. The molecule has 150 valence electrons. The Hall–Kier alpha value is -3.20. The summed E-state index contributed by atoms with van der Waals surface area (Å²) in [6, 6.07) is 32.3. The average molecular weight is 443 g/mol. The summed E-state index contributed by atoms with van der Waals surface area (Å²) in [7, 11) is 0. The van der Waals surface area contributed by atoms with Crippen molar-refractivity contribution in [1.82, 2.24) is 0 Å². The fraction of sp³-hybridized carbons (Fsp3) is 0.0667. The molecule has 0 aliphatic heterocycles. The van der Waals surface area contributed by atoms with Crippen molar-refractivity contribution in [1.29, 1.82) is 0 Å². The van der Waals surface area contributed by atoms with Gasteiger partial charge in [-0.15, -0.1) is 22.7 Å². The van der Waals surface area contributed by atoms with Gasteiger partial charge < -0.3 is 0 Å². The predicted molar refractivity (Wildman–Crippen MR) is 137 cm³/mol. The van der Waals surface area contributed by atoms with E-state index in [-0.39, 0.29) is 5.41 Å². The topological polar surface area (TPSA) is 0 Å². The zero-order valence-electron chi connectivity index (χ0n) is 17.3. The second-order valence-corrected chi connectivity index (χ2v) is 10.8. The minimum Gasteiger partial charge on any atom is -0.143 e. The zero-order chi connectivity index (χ0) is 20.9. The Morgan fingerprint density at radius 1 is 0.500 bits per heavy atom. The van der Waals surface area contributed by atoms with E-state index in [4.69, 9.17) is 0 Å². The Labute approximate surface area is 194 Å². The van der Waals surface area contributed by atoms with Gasteiger partial charge in [-0.2, -0.15) is 0 Å². The molecule has 0 saturated heterocycles. The van der Waals surface area contributed by atoms with Gasteiger partial charge in [-0.1, -0.05) is 60.7 Å². The number of thiophene rings is 2. The van der Waals surface area contributed by atoms with Crippen molar-refractivity contribution in [3.8, 4) is 9.75 Å². The molecule has 0 N–H and O–H groups in total. The van der Waals surface area contributed by atoms with Gasteiger partial charge in [-0.25, -0.2) is 0 Å². The average Bonchev–Trinajstić information content (AvgIpc) is 3.54. The van der Waals surface area contributed by atoms with E-state index in [0.717, 1.165) is 6.42 Å². The lowest BCUT2D eigenvalue weighted by Gasteiger charge is -2.40. The van der Waals surface area contributed by atoms with Gasteiger partial charge in [0.1, 0.15) is 0 Å². The summed E-state index contributed by atoms with van der Waals surface area (Å²) in [5, 5.41) is 9.89. The normalized spacial score (nSPS) is 15.0. The summed E-state index contributed by atoms with van der Waals surface area (Å²) in [5.41, 5.74) is 8.58. The maximum absolute atomic E-state index is 2.48. The van der Waals surface area contributed by atoms with E-state index in [1.807, 2.05) is 22.7 Å². The Morgan fingerprint density at radius 3 is 1.41 bits per heavy atom. The van der Waals surface area contributed by atoms with Crippen LogP contribution in [0.25, 0.3) is 31.3 Å². The molecule has 0 atom stereocenters. The summed E-state index contributed by atoms with van der Waals surface area (Å²) in [6.07, 6.45) is 0.987. The molecule has 2 aromatic heterocycles. The van der Waals surface area contributed by atoms with Gasteiger partial charge in [0.25, 0.3) is 0 Å². The minimum absolute atomic E-state index is 0.221. The second-order valence-electron chi connectivity index (χ2n) is 8.97. The lowest BCUT2D eigenvalue weighted by Crippen LogP contribution is -2.33. The van der Waals surface area contributed by atoms with Gasteiger partial charge >= 0.3 is 0 Å². The van der Waals surface area contributed by atoms with Crippen molar-refractivity contribution < 1.29 is 0 Å². The maximum atomic E-state index is 2.48. The van der Waals surface area contributed by atoms with Crippen LogP contribution in [0.2, 0.25) is 0 Å². The van der Waals surface area contributed by atoms with Gasteiger partial charge in [-0.3, -0.25) is 0 Å². The molecule has 8 rings (SSSR count). The Kier molecular flexibility index (Phi) is 3.24. The molecule has 0 fully saturated rings. The van der Waals surface area contributed by atoms with Crippen molar-refractivity contribution in [3.63, 3.8) is 0 Å². The van der Waals surface area contributed by atoms with Gasteiger partial charge in [0.15, 0.2) is 0 Å². The van der Waals surface area contributed by atoms with Crippen LogP contribution < -0.4 is 0 Å². The lowest BCUT2D eigenvalue weighted by atomic mass is 9.61. The summed E-state index contributed by atoms with van der Waals surface area (Å²) >= 11 is 3.79. The molecule has 2 aliphatic rings. The fourth-order valence-electron chi connectivity index (χ4n) is 6.20. The standard InChI is InChI=1S/C30H18S2/c1-3-7-20-16-26-22(13-18(20)5-1)15-23-14-19-6-2-4-8-21(19)17-27(23)30(26)24-9-11-31-28(24)29-25(30)10-12-32-29/h1-14,16-17H,15H2. The quantitative estimate of drug-likeness (QED) is 0.221. The summed E-state index contributed by atoms with van der Waals surface area (Å²) in [4.78, 5) is 2.91. The third-order valence-corrected chi connectivity index (χ3v) is 9.47. The third kappa shape index (κ3) is 1.98. The molecule has 0 bridgehead atoms. The predicted octanol–water partition coefficient (Wildman–Crippen LogP) is 8.38. The molecule has 0 saturated carbocycles. The van der Waals surface area contributed by atoms with E-state index in [1.54, 1.807) is 0 Å². The molecular formula is C30H18S2. The fourth-order valence-corrected chi connectivity index (χ4v) is 8.30. The van der Waals surface area contributed by atoms with Gasteiger partial charge in [-0.05, 0) is 96.4 Å². The molecule has 0 amide bonds. The van der Waals surface area contributed by atoms with Crippen LogP contribution in [0.15, 0.2) is 95.7 Å². The lowest BCUT2D eigenvalue weighted by molar-refractivity contribution is 0.728. The van der Waals surface area contributed by atoms with Gasteiger partial charge in [0, 0.05) is 9.75 Å². The molecule has 2 heterocycles. The van der Waals surface area contributed by atoms with Crippen LogP contribution in [-0.4, -0.2) is 0 Å². The molecule has 32 heavy (non-hydrogen) atoms. The Balaban J connectivity index is 1.59. The number of rotatable bonds is 0. The van der Waals surface area contributed by atoms with Crippen LogP contribution in [-0.2, 0) is 11.8 Å². The van der Waals surface area contributed by atoms with Crippen molar-refractivity contribution in [3.05, 3.63) is 129 Å². The third-order valence-electron chi connectivity index (χ3n) is 7.48. The first-order chi connectivity index (χ1) is 15.8. The molecule has 1 spiro atoms. The monoisotopic (exact) mass is 442 g/mol. The van der Waals surface area contributed by atoms with E-state index in [9.17, 15) is 0 Å². The first-order valence-electron chi connectivity index (χ1n) is 11.0. The Bertz CT molecular complexity index is 1580. The number of benzene rings is 4. The maximum Gasteiger partial charge on any atom is 0.0736 e. The van der Waals surface area contributed by atoms with Crippen molar-refractivity contribution in [2.45, 2.75) is 11.8 Å². The van der Waals surface area contributed by atoms with E-state index < -0.39 is 0 Å². The van der Waals surface area contributed by atoms with E-state index in [1.165, 1.54) is 64.7 Å². The number of hydrogen-bond donors (Lipinski definition) is 0. The van der Waals surface area contributed by atoms with Gasteiger partial charge in [0.2, 0.25) is 0 Å². The van der Waals surface area contributed by atoms with Crippen molar-refractivity contribution >= 4 is 44.2 Å². The highest BCUT2D eigenvalue weighted by molar-refractivity contribution is 7.21. The van der Waals surface area contributed by atoms with Crippen LogP contribution >= 0.6 is 22.7 Å². The Morgan fingerprint density at radius 2 is 0.938 bits per heavy atom. The van der Waals surface area contributed by atoms with Crippen LogP contribution in [0.5, 0.6) is 0 Å². The molecule has 6 aromatic rings. The highest BCUT2D eigenvalue weighted by Gasteiger charge is 2.51. The highest BCUT2D eigenvalue weighted by Crippen LogP contribution is 2.62. The molecule has 2 heteroatoms. The van der Waals surface area contributed by atoms with Crippen LogP contribution in [0.4, 0.5) is 0 Å². The van der Waals surface area contributed by atoms with Crippen molar-refractivity contribution in [2.24, 2.45) is 0 Å². The molecular weight excluding hydrogens is 424 g/mol. The molecule has 0 radical (unpaired) electrons.